The highest BCUT2D eigenvalue weighted by atomic mass is 19.4. The molecule has 0 atom stereocenters. The van der Waals surface area contributed by atoms with Crippen LogP contribution < -0.4 is 4.74 Å². The van der Waals surface area contributed by atoms with Gasteiger partial charge in [-0.3, -0.25) is 0 Å². The summed E-state index contributed by atoms with van der Waals surface area (Å²) in [6.07, 6.45) is -2.50. The SMILES string of the molecule is CC(C)(C)OC(=O)N1CC2(CC(Oc3ccc(C(F)(F)F)cn3)C2)C1. The molecule has 1 aromatic heterocycles. The van der Waals surface area contributed by atoms with Gasteiger partial charge < -0.3 is 14.4 Å². The predicted octanol–water partition coefficient (Wildman–Crippen LogP) is 3.88. The molecule has 1 aliphatic carbocycles. The molecule has 1 saturated carbocycles. The van der Waals surface area contributed by atoms with Crippen LogP contribution in [0.2, 0.25) is 0 Å². The van der Waals surface area contributed by atoms with Crippen molar-refractivity contribution in [2.24, 2.45) is 5.41 Å². The summed E-state index contributed by atoms with van der Waals surface area (Å²) >= 11 is 0. The van der Waals surface area contributed by atoms with Gasteiger partial charge in [0.05, 0.1) is 5.56 Å². The average molecular weight is 358 g/mol. The second-order valence-corrected chi connectivity index (χ2v) is 7.87. The number of likely N-dealkylation sites (tertiary alicyclic amines) is 1. The normalized spacial score (nSPS) is 20.0. The molecule has 1 spiro atoms. The first-order valence-electron chi connectivity index (χ1n) is 8.14. The van der Waals surface area contributed by atoms with Crippen molar-refractivity contribution in [3.63, 3.8) is 0 Å². The number of halogens is 3. The first-order chi connectivity index (χ1) is 11.5. The van der Waals surface area contributed by atoms with Crippen LogP contribution in [0.25, 0.3) is 0 Å². The van der Waals surface area contributed by atoms with Gasteiger partial charge in [0.15, 0.2) is 0 Å². The Kier molecular flexibility index (Phi) is 4.12. The second-order valence-electron chi connectivity index (χ2n) is 7.87. The molecule has 0 bridgehead atoms. The van der Waals surface area contributed by atoms with Gasteiger partial charge >= 0.3 is 12.3 Å². The van der Waals surface area contributed by atoms with E-state index in [1.165, 1.54) is 6.07 Å². The molecule has 0 aromatic carbocycles. The highest BCUT2D eigenvalue weighted by molar-refractivity contribution is 5.69. The lowest BCUT2D eigenvalue weighted by molar-refractivity contribution is -0.138. The summed E-state index contributed by atoms with van der Waals surface area (Å²) in [6, 6.07) is 2.20. The van der Waals surface area contributed by atoms with E-state index in [9.17, 15) is 18.0 Å². The Labute approximate surface area is 144 Å². The number of carbonyl (C=O) groups is 1. The molecule has 8 heteroatoms. The fourth-order valence-electron chi connectivity index (χ4n) is 3.26. The minimum absolute atomic E-state index is 0.0491. The van der Waals surface area contributed by atoms with Gasteiger partial charge in [0.25, 0.3) is 0 Å². The van der Waals surface area contributed by atoms with Gasteiger partial charge in [0.1, 0.15) is 11.7 Å². The van der Waals surface area contributed by atoms with Gasteiger partial charge in [-0.25, -0.2) is 9.78 Å². The second kappa shape index (κ2) is 5.78. The van der Waals surface area contributed by atoms with Crippen molar-refractivity contribution < 1.29 is 27.4 Å². The quantitative estimate of drug-likeness (QED) is 0.805. The number of hydrogen-bond acceptors (Lipinski definition) is 4. The Morgan fingerprint density at radius 3 is 2.36 bits per heavy atom. The summed E-state index contributed by atoms with van der Waals surface area (Å²) in [7, 11) is 0. The number of rotatable bonds is 2. The highest BCUT2D eigenvalue weighted by Gasteiger charge is 2.55. The first kappa shape index (κ1) is 17.8. The third-order valence-electron chi connectivity index (χ3n) is 4.38. The fraction of sp³-hybridized carbons (Fsp3) is 0.647. The van der Waals surface area contributed by atoms with E-state index in [4.69, 9.17) is 9.47 Å². The van der Waals surface area contributed by atoms with Crippen molar-refractivity contribution in [3.8, 4) is 5.88 Å². The number of alkyl halides is 3. The molecule has 1 aliphatic heterocycles. The maximum Gasteiger partial charge on any atom is 0.417 e. The molecule has 1 saturated heterocycles. The maximum atomic E-state index is 12.5. The lowest BCUT2D eigenvalue weighted by Gasteiger charge is -2.57. The van der Waals surface area contributed by atoms with Crippen LogP contribution in [0.4, 0.5) is 18.0 Å². The van der Waals surface area contributed by atoms with Crippen molar-refractivity contribution in [1.82, 2.24) is 9.88 Å². The van der Waals surface area contributed by atoms with E-state index in [0.717, 1.165) is 25.1 Å². The highest BCUT2D eigenvalue weighted by Crippen LogP contribution is 2.49. The molecular weight excluding hydrogens is 337 g/mol. The summed E-state index contributed by atoms with van der Waals surface area (Å²) in [5.74, 6) is 0.191. The minimum Gasteiger partial charge on any atom is -0.474 e. The van der Waals surface area contributed by atoms with Crippen LogP contribution in [0, 0.1) is 5.41 Å². The van der Waals surface area contributed by atoms with E-state index in [1.807, 2.05) is 20.8 Å². The molecule has 2 fully saturated rings. The summed E-state index contributed by atoms with van der Waals surface area (Å²) in [5.41, 5.74) is -1.26. The van der Waals surface area contributed by atoms with Gasteiger partial charge in [-0.1, -0.05) is 0 Å². The molecule has 1 aromatic rings. The number of nitrogens with zero attached hydrogens (tertiary/aromatic N) is 2. The largest absolute Gasteiger partial charge is 0.474 e. The molecule has 2 aliphatic rings. The monoisotopic (exact) mass is 358 g/mol. The summed E-state index contributed by atoms with van der Waals surface area (Å²) in [5, 5.41) is 0. The number of pyridine rings is 1. The Hall–Kier alpha value is -1.99. The topological polar surface area (TPSA) is 51.7 Å². The van der Waals surface area contributed by atoms with Crippen LogP contribution >= 0.6 is 0 Å². The molecule has 1 amide bonds. The van der Waals surface area contributed by atoms with E-state index < -0.39 is 17.3 Å². The molecular formula is C17H21F3N2O3. The van der Waals surface area contributed by atoms with E-state index in [0.29, 0.717) is 13.1 Å². The lowest BCUT2D eigenvalue weighted by atomic mass is 9.62. The maximum absolute atomic E-state index is 12.5. The standard InChI is InChI=1S/C17H21F3N2O3/c1-15(2,3)25-14(23)22-9-16(10-22)6-12(7-16)24-13-5-4-11(8-21-13)17(18,19)20/h4-5,8,12H,6-7,9-10H2,1-3H3. The van der Waals surface area contributed by atoms with Gasteiger partial charge in [-0.05, 0) is 39.7 Å². The molecule has 5 nitrogen and oxygen atoms in total. The predicted molar refractivity (Wildman–Crippen MR) is 83.1 cm³/mol. The van der Waals surface area contributed by atoms with Gasteiger partial charge in [-0.2, -0.15) is 13.2 Å². The van der Waals surface area contributed by atoms with Crippen LogP contribution in [0.15, 0.2) is 18.3 Å². The van der Waals surface area contributed by atoms with Gasteiger partial charge in [0, 0.05) is 30.8 Å². The van der Waals surface area contributed by atoms with Crippen molar-refractivity contribution in [2.75, 3.05) is 13.1 Å². The molecule has 138 valence electrons. The van der Waals surface area contributed by atoms with Crippen molar-refractivity contribution in [1.29, 1.82) is 0 Å². The molecule has 2 heterocycles. The summed E-state index contributed by atoms with van der Waals surface area (Å²) in [4.78, 5) is 17.3. The van der Waals surface area contributed by atoms with Crippen LogP contribution in [0.3, 0.4) is 0 Å². The van der Waals surface area contributed by atoms with Crippen molar-refractivity contribution in [2.45, 2.75) is 51.5 Å². The number of hydrogen-bond donors (Lipinski definition) is 0. The lowest BCUT2D eigenvalue weighted by Crippen LogP contribution is -2.66. The zero-order valence-corrected chi connectivity index (χ0v) is 14.4. The number of aromatic nitrogens is 1. The van der Waals surface area contributed by atoms with E-state index in [2.05, 4.69) is 4.98 Å². The van der Waals surface area contributed by atoms with Crippen LogP contribution in [0.5, 0.6) is 5.88 Å². The molecule has 0 unspecified atom stereocenters. The average Bonchev–Trinajstić information content (AvgIpc) is 2.37. The Morgan fingerprint density at radius 2 is 1.88 bits per heavy atom. The first-order valence-corrected chi connectivity index (χ1v) is 8.14. The Balaban J connectivity index is 1.44. The van der Waals surface area contributed by atoms with E-state index in [-0.39, 0.29) is 23.5 Å². The zero-order valence-electron chi connectivity index (χ0n) is 14.4. The third-order valence-corrected chi connectivity index (χ3v) is 4.38. The van der Waals surface area contributed by atoms with Gasteiger partial charge in [-0.15, -0.1) is 0 Å². The summed E-state index contributed by atoms with van der Waals surface area (Å²) in [6.45, 7) is 6.73. The minimum atomic E-state index is -4.40. The zero-order chi connectivity index (χ0) is 18.5. The van der Waals surface area contributed by atoms with E-state index in [1.54, 1.807) is 4.90 Å². The Morgan fingerprint density at radius 1 is 1.24 bits per heavy atom. The van der Waals surface area contributed by atoms with Crippen LogP contribution in [-0.4, -0.2) is 40.8 Å². The number of amides is 1. The number of carbonyl (C=O) groups excluding carboxylic acids is 1. The fourth-order valence-corrected chi connectivity index (χ4v) is 3.26. The van der Waals surface area contributed by atoms with E-state index >= 15 is 0 Å². The van der Waals surface area contributed by atoms with Crippen LogP contribution in [0.1, 0.15) is 39.2 Å². The molecule has 25 heavy (non-hydrogen) atoms. The number of ether oxygens (including phenoxy) is 2. The Bertz CT molecular complexity index is 639. The smallest absolute Gasteiger partial charge is 0.417 e. The molecule has 0 radical (unpaired) electrons. The van der Waals surface area contributed by atoms with Crippen molar-refractivity contribution >= 4 is 6.09 Å². The third kappa shape index (κ3) is 3.99. The molecule has 3 rings (SSSR count). The van der Waals surface area contributed by atoms with Crippen LogP contribution in [-0.2, 0) is 10.9 Å². The van der Waals surface area contributed by atoms with Gasteiger partial charge in [0.2, 0.25) is 5.88 Å². The molecule has 0 N–H and O–H groups in total. The van der Waals surface area contributed by atoms with Crippen molar-refractivity contribution in [3.05, 3.63) is 23.9 Å². The summed E-state index contributed by atoms with van der Waals surface area (Å²) < 4.78 is 48.4.